The maximum absolute atomic E-state index is 13.3. The number of nitrogens with zero attached hydrogens (tertiary/aromatic N) is 2. The van der Waals surface area contributed by atoms with Gasteiger partial charge in [-0.25, -0.2) is 17.7 Å². The first-order valence-electron chi connectivity index (χ1n) is 9.31. The summed E-state index contributed by atoms with van der Waals surface area (Å²) in [4.78, 5) is 17.2. The Morgan fingerprint density at radius 3 is 2.42 bits per heavy atom. The average Bonchev–Trinajstić information content (AvgIpc) is 2.73. The van der Waals surface area contributed by atoms with Gasteiger partial charge in [-0.15, -0.1) is 0 Å². The van der Waals surface area contributed by atoms with Crippen LogP contribution >= 0.6 is 34.8 Å². The van der Waals surface area contributed by atoms with E-state index in [0.29, 0.717) is 17.9 Å². The predicted molar refractivity (Wildman–Crippen MR) is 123 cm³/mol. The zero-order valence-electron chi connectivity index (χ0n) is 16.0. The third-order valence-corrected chi connectivity index (χ3v) is 7.47. The molecule has 0 unspecified atom stereocenters. The van der Waals surface area contributed by atoms with Crippen molar-refractivity contribution in [1.29, 1.82) is 0 Å². The van der Waals surface area contributed by atoms with Crippen LogP contribution in [0.4, 0.5) is 11.6 Å². The number of rotatable bonds is 4. The average molecular weight is 497 g/mol. The van der Waals surface area contributed by atoms with Crippen molar-refractivity contribution < 1.29 is 13.2 Å². The van der Waals surface area contributed by atoms with Crippen LogP contribution in [0.2, 0.25) is 15.1 Å². The van der Waals surface area contributed by atoms with Crippen LogP contribution < -0.4 is 9.62 Å². The molecule has 1 N–H and O–H groups in total. The lowest BCUT2D eigenvalue weighted by Crippen LogP contribution is -2.36. The molecule has 31 heavy (non-hydrogen) atoms. The SMILES string of the molecule is O=C(Nc1ccc2c(n1)N(S(=O)(=O)c1cccc(Cl)c1)CCC2)c1c(Cl)cccc1Cl. The van der Waals surface area contributed by atoms with Gasteiger partial charge in [0.1, 0.15) is 11.6 Å². The maximum Gasteiger partial charge on any atom is 0.265 e. The zero-order chi connectivity index (χ0) is 22.2. The third kappa shape index (κ3) is 4.36. The van der Waals surface area contributed by atoms with Crippen LogP contribution in [-0.2, 0) is 16.4 Å². The molecular formula is C21H16Cl3N3O3S. The Labute approximate surface area is 194 Å². The van der Waals surface area contributed by atoms with E-state index in [-0.39, 0.29) is 38.7 Å². The van der Waals surface area contributed by atoms with Crippen molar-refractivity contribution in [3.05, 3.63) is 80.8 Å². The van der Waals surface area contributed by atoms with Crippen LogP contribution in [-0.4, -0.2) is 25.9 Å². The molecule has 0 saturated carbocycles. The van der Waals surface area contributed by atoms with Gasteiger partial charge in [0, 0.05) is 11.6 Å². The first-order chi connectivity index (χ1) is 14.8. The minimum atomic E-state index is -3.88. The fourth-order valence-corrected chi connectivity index (χ4v) is 5.72. The molecule has 2 aromatic carbocycles. The van der Waals surface area contributed by atoms with Crippen LogP contribution in [0.3, 0.4) is 0 Å². The first kappa shape index (κ1) is 21.9. The molecule has 0 saturated heterocycles. The van der Waals surface area contributed by atoms with Crippen LogP contribution in [0.25, 0.3) is 0 Å². The van der Waals surface area contributed by atoms with Gasteiger partial charge in [0.05, 0.1) is 20.5 Å². The summed E-state index contributed by atoms with van der Waals surface area (Å²) < 4.78 is 27.7. The van der Waals surface area contributed by atoms with Crippen LogP contribution in [0.5, 0.6) is 0 Å². The molecule has 1 aliphatic heterocycles. The summed E-state index contributed by atoms with van der Waals surface area (Å²) in [6.45, 7) is 0.266. The fourth-order valence-electron chi connectivity index (χ4n) is 3.36. The summed E-state index contributed by atoms with van der Waals surface area (Å²) in [6.07, 6.45) is 1.32. The largest absolute Gasteiger partial charge is 0.306 e. The second-order valence-electron chi connectivity index (χ2n) is 6.87. The fraction of sp³-hybridized carbons (Fsp3) is 0.143. The number of hydrogen-bond donors (Lipinski definition) is 1. The topological polar surface area (TPSA) is 79.4 Å². The molecule has 10 heteroatoms. The molecule has 6 nitrogen and oxygen atoms in total. The summed E-state index contributed by atoms with van der Waals surface area (Å²) in [6, 6.07) is 14.2. The number of halogens is 3. The molecule has 0 spiro atoms. The number of pyridine rings is 1. The standard InChI is InChI=1S/C21H16Cl3N3O3S/c22-14-5-1-6-15(12-14)31(29,30)27-11-3-4-13-9-10-18(25-20(13)27)26-21(28)19-16(23)7-2-8-17(19)24/h1-2,5-10,12H,3-4,11H2,(H,25,26,28). The highest BCUT2D eigenvalue weighted by molar-refractivity contribution is 7.92. The summed E-state index contributed by atoms with van der Waals surface area (Å²) in [7, 11) is -3.88. The van der Waals surface area contributed by atoms with Gasteiger partial charge in [0.15, 0.2) is 0 Å². The van der Waals surface area contributed by atoms with Crippen molar-refractivity contribution in [3.8, 4) is 0 Å². The lowest BCUT2D eigenvalue weighted by molar-refractivity contribution is 0.102. The highest BCUT2D eigenvalue weighted by Gasteiger charge is 2.31. The van der Waals surface area contributed by atoms with Crippen molar-refractivity contribution >= 4 is 62.4 Å². The molecule has 0 radical (unpaired) electrons. The third-order valence-electron chi connectivity index (χ3n) is 4.82. The number of carbonyl (C=O) groups excluding carboxylic acids is 1. The summed E-state index contributed by atoms with van der Waals surface area (Å²) >= 11 is 18.2. The molecule has 1 amide bonds. The highest BCUT2D eigenvalue weighted by atomic mass is 35.5. The Kier molecular flexibility index (Phi) is 6.12. The van der Waals surface area contributed by atoms with E-state index in [1.807, 2.05) is 0 Å². The van der Waals surface area contributed by atoms with Crippen LogP contribution in [0, 0.1) is 0 Å². The van der Waals surface area contributed by atoms with E-state index in [1.165, 1.54) is 16.4 Å². The number of benzene rings is 2. The van der Waals surface area contributed by atoms with Crippen LogP contribution in [0.15, 0.2) is 59.5 Å². The van der Waals surface area contributed by atoms with E-state index in [4.69, 9.17) is 34.8 Å². The predicted octanol–water partition coefficient (Wildman–Crippen LogP) is 5.44. The number of nitrogens with one attached hydrogen (secondary N) is 1. The Morgan fingerprint density at radius 1 is 1.00 bits per heavy atom. The zero-order valence-corrected chi connectivity index (χ0v) is 19.1. The van der Waals surface area contributed by atoms with Crippen molar-refractivity contribution in [1.82, 2.24) is 4.98 Å². The van der Waals surface area contributed by atoms with Crippen LogP contribution in [0.1, 0.15) is 22.3 Å². The second kappa shape index (κ2) is 8.67. The Morgan fingerprint density at radius 2 is 1.71 bits per heavy atom. The molecule has 0 fully saturated rings. The van der Waals surface area contributed by atoms with Gasteiger partial charge >= 0.3 is 0 Å². The minimum absolute atomic E-state index is 0.0759. The molecule has 0 atom stereocenters. The molecule has 0 bridgehead atoms. The smallest absolute Gasteiger partial charge is 0.265 e. The molecule has 2 heterocycles. The minimum Gasteiger partial charge on any atom is -0.306 e. The van der Waals surface area contributed by atoms with Crippen molar-refractivity contribution in [2.75, 3.05) is 16.2 Å². The van der Waals surface area contributed by atoms with Gasteiger partial charge in [-0.05, 0) is 54.8 Å². The lowest BCUT2D eigenvalue weighted by atomic mass is 10.1. The highest BCUT2D eigenvalue weighted by Crippen LogP contribution is 2.32. The van der Waals surface area contributed by atoms with E-state index in [0.717, 1.165) is 5.56 Å². The number of fused-ring (bicyclic) bond motifs is 1. The van der Waals surface area contributed by atoms with Crippen molar-refractivity contribution in [3.63, 3.8) is 0 Å². The Bertz CT molecular complexity index is 1260. The molecular weight excluding hydrogens is 481 g/mol. The maximum atomic E-state index is 13.3. The van der Waals surface area contributed by atoms with Gasteiger partial charge < -0.3 is 5.32 Å². The molecule has 4 rings (SSSR count). The van der Waals surface area contributed by atoms with E-state index < -0.39 is 15.9 Å². The van der Waals surface area contributed by atoms with E-state index in [1.54, 1.807) is 42.5 Å². The van der Waals surface area contributed by atoms with Gasteiger partial charge in [0.2, 0.25) is 0 Å². The monoisotopic (exact) mass is 495 g/mol. The summed E-state index contributed by atoms with van der Waals surface area (Å²) in [5, 5.41) is 3.38. The van der Waals surface area contributed by atoms with Crippen molar-refractivity contribution in [2.45, 2.75) is 17.7 Å². The number of aryl methyl sites for hydroxylation is 1. The van der Waals surface area contributed by atoms with Gasteiger partial charge in [-0.1, -0.05) is 53.0 Å². The number of anilines is 2. The first-order valence-corrected chi connectivity index (χ1v) is 11.9. The lowest BCUT2D eigenvalue weighted by Gasteiger charge is -2.29. The number of hydrogen-bond acceptors (Lipinski definition) is 4. The normalized spacial score (nSPS) is 13.6. The summed E-state index contributed by atoms with van der Waals surface area (Å²) in [5.74, 6) is -0.0784. The van der Waals surface area contributed by atoms with Gasteiger partial charge in [0.25, 0.3) is 15.9 Å². The van der Waals surface area contributed by atoms with Crippen molar-refractivity contribution in [2.24, 2.45) is 0 Å². The quantitative estimate of drug-likeness (QED) is 0.522. The molecule has 1 aliphatic rings. The number of aromatic nitrogens is 1. The van der Waals surface area contributed by atoms with Gasteiger partial charge in [-0.2, -0.15) is 0 Å². The second-order valence-corrected chi connectivity index (χ2v) is 9.98. The van der Waals surface area contributed by atoms with E-state index in [9.17, 15) is 13.2 Å². The number of sulfonamides is 1. The summed E-state index contributed by atoms with van der Waals surface area (Å²) in [5.41, 5.74) is 0.888. The molecule has 0 aliphatic carbocycles. The molecule has 160 valence electrons. The van der Waals surface area contributed by atoms with E-state index >= 15 is 0 Å². The molecule has 1 aromatic heterocycles. The Hall–Kier alpha value is -2.32. The number of carbonyl (C=O) groups is 1. The Balaban J connectivity index is 1.69. The molecule has 3 aromatic rings. The number of amides is 1. The van der Waals surface area contributed by atoms with E-state index in [2.05, 4.69) is 10.3 Å². The van der Waals surface area contributed by atoms with Gasteiger partial charge in [-0.3, -0.25) is 4.79 Å².